The molecule has 0 saturated heterocycles. The lowest BCUT2D eigenvalue weighted by Crippen LogP contribution is -2.06. The molecule has 1 heterocycles. The quantitative estimate of drug-likeness (QED) is 0.809. The van der Waals surface area contributed by atoms with E-state index in [1.54, 1.807) is 6.07 Å². The molecule has 1 aliphatic heterocycles. The van der Waals surface area contributed by atoms with Crippen molar-refractivity contribution in [3.8, 4) is 11.5 Å². The second-order valence-corrected chi connectivity index (χ2v) is 6.17. The molecule has 2 aliphatic rings. The van der Waals surface area contributed by atoms with Crippen LogP contribution in [0.3, 0.4) is 0 Å². The van der Waals surface area contributed by atoms with Gasteiger partial charge in [0.25, 0.3) is 0 Å². The molecule has 5 heteroatoms. The average molecular weight is 326 g/mol. The number of ether oxygens (including phenoxy) is 2. The fraction of sp³-hybridized carbons (Fsp3) is 0.263. The molecular formula is C19H15FO4. The van der Waals surface area contributed by atoms with E-state index in [-0.39, 0.29) is 30.2 Å². The lowest BCUT2D eigenvalue weighted by Gasteiger charge is -2.03. The van der Waals surface area contributed by atoms with Crippen molar-refractivity contribution in [2.24, 2.45) is 11.8 Å². The van der Waals surface area contributed by atoms with E-state index in [0.717, 1.165) is 5.56 Å². The highest BCUT2D eigenvalue weighted by atomic mass is 19.1. The number of carbonyl (C=O) groups excluding carboxylic acids is 2. The highest BCUT2D eigenvalue weighted by Gasteiger charge is 2.57. The smallest absolute Gasteiger partial charge is 0.231 e. The van der Waals surface area contributed by atoms with Crippen molar-refractivity contribution in [1.29, 1.82) is 0 Å². The Balaban J connectivity index is 1.64. The minimum Gasteiger partial charge on any atom is -0.454 e. The van der Waals surface area contributed by atoms with Gasteiger partial charge in [-0.25, -0.2) is 4.39 Å². The Labute approximate surface area is 138 Å². The van der Waals surface area contributed by atoms with Crippen molar-refractivity contribution in [2.75, 3.05) is 6.79 Å². The summed E-state index contributed by atoms with van der Waals surface area (Å²) in [6, 6.07) is 10.9. The highest BCUT2D eigenvalue weighted by Crippen LogP contribution is 2.57. The third kappa shape index (κ3) is 2.37. The summed E-state index contributed by atoms with van der Waals surface area (Å²) >= 11 is 0. The summed E-state index contributed by atoms with van der Waals surface area (Å²) in [6.07, 6.45) is 0. The second kappa shape index (κ2) is 5.44. The standard InChI is InChI=1S/C19H15FO4/c1-10(21)16-17(12-4-7-14-15(8-12)24-9-23-14)18(16)19(22)11-2-5-13(20)6-3-11/h2-8,16-18H,9H2,1H3. The number of halogens is 1. The first-order chi connectivity index (χ1) is 11.6. The Bertz CT molecular complexity index is 828. The summed E-state index contributed by atoms with van der Waals surface area (Å²) in [5, 5.41) is 0. The van der Waals surface area contributed by atoms with Crippen LogP contribution < -0.4 is 9.47 Å². The normalized spacial score (nSPS) is 23.8. The Morgan fingerprint density at radius 3 is 2.42 bits per heavy atom. The molecule has 24 heavy (non-hydrogen) atoms. The molecule has 0 aromatic heterocycles. The first-order valence-corrected chi connectivity index (χ1v) is 7.76. The van der Waals surface area contributed by atoms with E-state index >= 15 is 0 Å². The molecule has 1 aliphatic carbocycles. The van der Waals surface area contributed by atoms with Crippen LogP contribution in [0.15, 0.2) is 42.5 Å². The van der Waals surface area contributed by atoms with Crippen LogP contribution >= 0.6 is 0 Å². The molecule has 122 valence electrons. The fourth-order valence-corrected chi connectivity index (χ4v) is 3.48. The minimum absolute atomic E-state index is 0.0156. The monoisotopic (exact) mass is 326 g/mol. The summed E-state index contributed by atoms with van der Waals surface area (Å²) < 4.78 is 23.7. The van der Waals surface area contributed by atoms with Crippen molar-refractivity contribution in [3.05, 3.63) is 59.4 Å². The first kappa shape index (κ1) is 14.9. The molecule has 4 rings (SSSR count). The maximum Gasteiger partial charge on any atom is 0.231 e. The Morgan fingerprint density at radius 1 is 1.00 bits per heavy atom. The zero-order valence-corrected chi connectivity index (χ0v) is 13.0. The van der Waals surface area contributed by atoms with Crippen LogP contribution in [0.4, 0.5) is 4.39 Å². The topological polar surface area (TPSA) is 52.6 Å². The number of hydrogen-bond donors (Lipinski definition) is 0. The predicted molar refractivity (Wildman–Crippen MR) is 83.7 cm³/mol. The number of Topliss-reactive ketones (excluding diaryl/α,β-unsaturated/α-hetero) is 2. The molecule has 0 amide bonds. The fourth-order valence-electron chi connectivity index (χ4n) is 3.48. The number of fused-ring (bicyclic) bond motifs is 1. The van der Waals surface area contributed by atoms with E-state index in [9.17, 15) is 14.0 Å². The molecule has 3 unspecified atom stereocenters. The summed E-state index contributed by atoms with van der Waals surface area (Å²) in [6.45, 7) is 1.68. The SMILES string of the molecule is CC(=O)C1C(C(=O)c2ccc(F)cc2)C1c1ccc2c(c1)OCO2. The summed E-state index contributed by atoms with van der Waals surface area (Å²) in [7, 11) is 0. The van der Waals surface area contributed by atoms with E-state index in [1.165, 1.54) is 31.2 Å². The third-order valence-corrected chi connectivity index (χ3v) is 4.70. The summed E-state index contributed by atoms with van der Waals surface area (Å²) in [5.41, 5.74) is 1.32. The van der Waals surface area contributed by atoms with Gasteiger partial charge in [0.15, 0.2) is 17.3 Å². The number of hydrogen-bond acceptors (Lipinski definition) is 4. The molecule has 3 atom stereocenters. The number of benzene rings is 2. The summed E-state index contributed by atoms with van der Waals surface area (Å²) in [4.78, 5) is 24.7. The van der Waals surface area contributed by atoms with Gasteiger partial charge in [-0.15, -0.1) is 0 Å². The Morgan fingerprint density at radius 2 is 1.71 bits per heavy atom. The molecule has 0 bridgehead atoms. The zero-order chi connectivity index (χ0) is 16.8. The van der Waals surface area contributed by atoms with Crippen LogP contribution in [-0.4, -0.2) is 18.4 Å². The van der Waals surface area contributed by atoms with Crippen LogP contribution in [0.2, 0.25) is 0 Å². The van der Waals surface area contributed by atoms with Gasteiger partial charge < -0.3 is 9.47 Å². The van der Waals surface area contributed by atoms with Crippen molar-refractivity contribution in [1.82, 2.24) is 0 Å². The molecule has 1 saturated carbocycles. The lowest BCUT2D eigenvalue weighted by atomic mass is 10.0. The zero-order valence-electron chi connectivity index (χ0n) is 13.0. The van der Waals surface area contributed by atoms with Crippen molar-refractivity contribution in [3.63, 3.8) is 0 Å². The van der Waals surface area contributed by atoms with Gasteiger partial charge in [-0.05, 0) is 48.9 Å². The molecule has 2 aromatic carbocycles. The first-order valence-electron chi connectivity index (χ1n) is 7.76. The van der Waals surface area contributed by atoms with Crippen molar-refractivity contribution in [2.45, 2.75) is 12.8 Å². The van der Waals surface area contributed by atoms with E-state index in [1.807, 2.05) is 12.1 Å². The van der Waals surface area contributed by atoms with Gasteiger partial charge in [-0.1, -0.05) is 6.07 Å². The van der Waals surface area contributed by atoms with E-state index < -0.39 is 11.7 Å². The molecule has 0 N–H and O–H groups in total. The van der Waals surface area contributed by atoms with Gasteiger partial charge in [0, 0.05) is 23.3 Å². The Hall–Kier alpha value is -2.69. The molecule has 4 nitrogen and oxygen atoms in total. The second-order valence-electron chi connectivity index (χ2n) is 6.17. The van der Waals surface area contributed by atoms with Crippen LogP contribution in [0.25, 0.3) is 0 Å². The third-order valence-electron chi connectivity index (χ3n) is 4.70. The highest BCUT2D eigenvalue weighted by molar-refractivity contribution is 6.05. The number of rotatable bonds is 4. The molecule has 2 aromatic rings. The van der Waals surface area contributed by atoms with Crippen LogP contribution in [0.1, 0.15) is 28.8 Å². The maximum absolute atomic E-state index is 13.0. The Kier molecular flexibility index (Phi) is 3.37. The predicted octanol–water partition coefficient (Wildman–Crippen LogP) is 3.36. The van der Waals surface area contributed by atoms with Crippen molar-refractivity contribution < 1.29 is 23.5 Å². The van der Waals surface area contributed by atoms with Crippen LogP contribution in [0.5, 0.6) is 11.5 Å². The van der Waals surface area contributed by atoms with Crippen LogP contribution in [0, 0.1) is 17.7 Å². The molecule has 0 spiro atoms. The average Bonchev–Trinajstić information content (AvgIpc) is 3.16. The van der Waals surface area contributed by atoms with E-state index in [0.29, 0.717) is 17.1 Å². The van der Waals surface area contributed by atoms with E-state index in [2.05, 4.69) is 0 Å². The van der Waals surface area contributed by atoms with Crippen molar-refractivity contribution >= 4 is 11.6 Å². The minimum atomic E-state index is -0.409. The van der Waals surface area contributed by atoms with Gasteiger partial charge in [-0.2, -0.15) is 0 Å². The van der Waals surface area contributed by atoms with Gasteiger partial charge >= 0.3 is 0 Å². The van der Waals surface area contributed by atoms with Gasteiger partial charge in [-0.3, -0.25) is 9.59 Å². The summed E-state index contributed by atoms with van der Waals surface area (Å²) in [5.74, 6) is -0.158. The largest absolute Gasteiger partial charge is 0.454 e. The molecule has 0 radical (unpaired) electrons. The number of ketones is 2. The van der Waals surface area contributed by atoms with Crippen LogP contribution in [-0.2, 0) is 4.79 Å². The maximum atomic E-state index is 13.0. The molecule has 1 fully saturated rings. The van der Waals surface area contributed by atoms with Gasteiger partial charge in [0.2, 0.25) is 6.79 Å². The van der Waals surface area contributed by atoms with Gasteiger partial charge in [0.05, 0.1) is 0 Å². The van der Waals surface area contributed by atoms with E-state index in [4.69, 9.17) is 9.47 Å². The van der Waals surface area contributed by atoms with Gasteiger partial charge in [0.1, 0.15) is 11.6 Å². The molecular weight excluding hydrogens is 311 g/mol. The number of carbonyl (C=O) groups is 2. The lowest BCUT2D eigenvalue weighted by molar-refractivity contribution is -0.118.